The zero-order valence-corrected chi connectivity index (χ0v) is 13.5. The molecular weight excluding hydrogens is 284 g/mol. The number of para-hydroxylation sites is 2. The second-order valence-electron chi connectivity index (χ2n) is 5.65. The van der Waals surface area contributed by atoms with E-state index in [9.17, 15) is 0 Å². The van der Waals surface area contributed by atoms with Gasteiger partial charge in [0.25, 0.3) is 0 Å². The molecular formula is C20H20N2O. The molecule has 1 heterocycles. The fourth-order valence-electron chi connectivity index (χ4n) is 3.29. The van der Waals surface area contributed by atoms with Gasteiger partial charge in [-0.25, -0.2) is 5.01 Å². The highest BCUT2D eigenvalue weighted by Gasteiger charge is 2.29. The number of hydrazine groups is 1. The molecule has 0 atom stereocenters. The Kier molecular flexibility index (Phi) is 3.43. The molecule has 3 aromatic carbocycles. The maximum Gasteiger partial charge on any atom is 0.153 e. The Hall–Kier alpha value is -2.52. The van der Waals surface area contributed by atoms with Gasteiger partial charge in [-0.15, -0.1) is 0 Å². The van der Waals surface area contributed by atoms with E-state index in [1.54, 1.807) is 0 Å². The molecule has 0 unspecified atom stereocenters. The summed E-state index contributed by atoms with van der Waals surface area (Å²) < 4.78 is 6.19. The molecule has 116 valence electrons. The van der Waals surface area contributed by atoms with Gasteiger partial charge in [0.1, 0.15) is 11.4 Å². The lowest BCUT2D eigenvalue weighted by atomic mass is 10.1. The number of benzene rings is 3. The van der Waals surface area contributed by atoms with Gasteiger partial charge in [-0.1, -0.05) is 56.3 Å². The molecule has 0 amide bonds. The molecule has 0 spiro atoms. The van der Waals surface area contributed by atoms with Crippen LogP contribution in [0.1, 0.15) is 13.8 Å². The summed E-state index contributed by atoms with van der Waals surface area (Å²) in [6.45, 7) is 6.25. The quantitative estimate of drug-likeness (QED) is 0.649. The number of hydrogen-bond acceptors (Lipinski definition) is 3. The van der Waals surface area contributed by atoms with Gasteiger partial charge in [0, 0.05) is 18.5 Å². The van der Waals surface area contributed by atoms with Crippen LogP contribution in [0, 0.1) is 0 Å². The Morgan fingerprint density at radius 3 is 2.39 bits per heavy atom. The second kappa shape index (κ2) is 5.60. The average Bonchev–Trinajstić information content (AvgIpc) is 2.61. The van der Waals surface area contributed by atoms with Gasteiger partial charge in [0.15, 0.2) is 11.5 Å². The van der Waals surface area contributed by atoms with E-state index in [2.05, 4.69) is 72.4 Å². The van der Waals surface area contributed by atoms with Gasteiger partial charge in [0.05, 0.1) is 0 Å². The molecule has 4 rings (SSSR count). The fraction of sp³-hybridized carbons (Fsp3) is 0.200. The van der Waals surface area contributed by atoms with E-state index in [1.807, 2.05) is 12.1 Å². The molecule has 0 N–H and O–H groups in total. The molecule has 0 aliphatic carbocycles. The minimum Gasteiger partial charge on any atom is -0.453 e. The molecule has 3 heteroatoms. The lowest BCUT2D eigenvalue weighted by Crippen LogP contribution is -2.40. The Labute approximate surface area is 136 Å². The second-order valence-corrected chi connectivity index (χ2v) is 5.65. The summed E-state index contributed by atoms with van der Waals surface area (Å²) in [7, 11) is 0. The molecule has 3 nitrogen and oxygen atoms in total. The van der Waals surface area contributed by atoms with Gasteiger partial charge < -0.3 is 4.74 Å². The van der Waals surface area contributed by atoms with Crippen molar-refractivity contribution in [1.82, 2.24) is 5.01 Å². The highest BCUT2D eigenvalue weighted by molar-refractivity contribution is 6.00. The maximum atomic E-state index is 6.19. The van der Waals surface area contributed by atoms with E-state index in [-0.39, 0.29) is 0 Å². The van der Waals surface area contributed by atoms with Crippen LogP contribution in [0.4, 0.5) is 11.4 Å². The van der Waals surface area contributed by atoms with Crippen molar-refractivity contribution >= 4 is 22.1 Å². The van der Waals surface area contributed by atoms with Gasteiger partial charge in [-0.3, -0.25) is 5.01 Å². The smallest absolute Gasteiger partial charge is 0.153 e. The normalized spacial score (nSPS) is 12.9. The molecule has 0 bridgehead atoms. The third kappa shape index (κ3) is 2.16. The van der Waals surface area contributed by atoms with Crippen molar-refractivity contribution in [3.63, 3.8) is 0 Å². The standard InChI is InChI=1S/C20H20N2O/c1-3-21(4-2)22-17-11-7-8-12-18(17)23-19-14-13-15-9-5-6-10-16(15)20(19)22/h5-14H,3-4H2,1-2H3. The van der Waals surface area contributed by atoms with E-state index >= 15 is 0 Å². The molecule has 0 saturated carbocycles. The highest BCUT2D eigenvalue weighted by atomic mass is 16.5. The Bertz CT molecular complexity index is 855. The monoisotopic (exact) mass is 304 g/mol. The number of nitrogens with zero attached hydrogens (tertiary/aromatic N) is 2. The van der Waals surface area contributed by atoms with E-state index < -0.39 is 0 Å². The SMILES string of the molecule is CCN(CC)N1c2ccccc2Oc2ccc3ccccc3c21. The molecule has 0 saturated heterocycles. The minimum absolute atomic E-state index is 0.905. The highest BCUT2D eigenvalue weighted by Crippen LogP contribution is 2.50. The van der Waals surface area contributed by atoms with Gasteiger partial charge in [-0.2, -0.15) is 0 Å². The third-order valence-corrected chi connectivity index (χ3v) is 4.40. The van der Waals surface area contributed by atoms with Crippen LogP contribution in [0.25, 0.3) is 10.8 Å². The van der Waals surface area contributed by atoms with E-state index in [0.717, 1.165) is 36.0 Å². The first kappa shape index (κ1) is 14.1. The van der Waals surface area contributed by atoms with Crippen molar-refractivity contribution in [2.24, 2.45) is 0 Å². The van der Waals surface area contributed by atoms with Crippen molar-refractivity contribution < 1.29 is 4.74 Å². The Balaban J connectivity index is 2.02. The van der Waals surface area contributed by atoms with Crippen LogP contribution in [0.2, 0.25) is 0 Å². The predicted octanol–water partition coefficient (Wildman–Crippen LogP) is 5.34. The summed E-state index contributed by atoms with van der Waals surface area (Å²) in [5, 5.41) is 7.10. The molecule has 1 aliphatic rings. The summed E-state index contributed by atoms with van der Waals surface area (Å²) >= 11 is 0. The summed E-state index contributed by atoms with van der Waals surface area (Å²) in [5.41, 5.74) is 2.23. The minimum atomic E-state index is 0.905. The van der Waals surface area contributed by atoms with Gasteiger partial charge >= 0.3 is 0 Å². The first-order chi connectivity index (χ1) is 11.3. The topological polar surface area (TPSA) is 15.7 Å². The first-order valence-corrected chi connectivity index (χ1v) is 8.17. The number of fused-ring (bicyclic) bond motifs is 4. The zero-order valence-electron chi connectivity index (χ0n) is 13.5. The maximum absolute atomic E-state index is 6.19. The molecule has 3 aromatic rings. The van der Waals surface area contributed by atoms with Crippen LogP contribution in [0.5, 0.6) is 11.5 Å². The van der Waals surface area contributed by atoms with Gasteiger partial charge in [-0.05, 0) is 23.6 Å². The van der Waals surface area contributed by atoms with Crippen LogP contribution in [0.15, 0.2) is 60.7 Å². The number of ether oxygens (including phenoxy) is 1. The van der Waals surface area contributed by atoms with Crippen molar-refractivity contribution in [3.8, 4) is 11.5 Å². The largest absolute Gasteiger partial charge is 0.453 e. The molecule has 0 radical (unpaired) electrons. The molecule has 23 heavy (non-hydrogen) atoms. The Morgan fingerprint density at radius 2 is 1.57 bits per heavy atom. The van der Waals surface area contributed by atoms with E-state index in [0.29, 0.717) is 0 Å². The molecule has 1 aliphatic heterocycles. The van der Waals surface area contributed by atoms with Crippen molar-refractivity contribution in [2.75, 3.05) is 18.1 Å². The van der Waals surface area contributed by atoms with Crippen LogP contribution in [-0.4, -0.2) is 18.1 Å². The lowest BCUT2D eigenvalue weighted by molar-refractivity contribution is 0.298. The predicted molar refractivity (Wildman–Crippen MR) is 95.5 cm³/mol. The van der Waals surface area contributed by atoms with Gasteiger partial charge in [0.2, 0.25) is 0 Å². The first-order valence-electron chi connectivity index (χ1n) is 8.17. The Morgan fingerprint density at radius 1 is 0.826 bits per heavy atom. The van der Waals surface area contributed by atoms with Crippen LogP contribution in [0.3, 0.4) is 0 Å². The summed E-state index contributed by atoms with van der Waals surface area (Å²) in [6.07, 6.45) is 0. The zero-order chi connectivity index (χ0) is 15.8. The summed E-state index contributed by atoms with van der Waals surface area (Å²) in [6, 6.07) is 20.9. The molecule has 0 fully saturated rings. The lowest BCUT2D eigenvalue weighted by Gasteiger charge is -2.40. The number of hydrogen-bond donors (Lipinski definition) is 0. The van der Waals surface area contributed by atoms with Crippen LogP contribution < -0.4 is 9.75 Å². The van der Waals surface area contributed by atoms with Crippen LogP contribution in [-0.2, 0) is 0 Å². The molecule has 0 aromatic heterocycles. The van der Waals surface area contributed by atoms with Crippen LogP contribution >= 0.6 is 0 Å². The van der Waals surface area contributed by atoms with E-state index in [4.69, 9.17) is 4.74 Å². The summed E-state index contributed by atoms with van der Waals surface area (Å²) in [4.78, 5) is 0. The van der Waals surface area contributed by atoms with E-state index in [1.165, 1.54) is 10.8 Å². The average molecular weight is 304 g/mol. The third-order valence-electron chi connectivity index (χ3n) is 4.40. The fourth-order valence-corrected chi connectivity index (χ4v) is 3.29. The summed E-state index contributed by atoms with van der Waals surface area (Å²) in [5.74, 6) is 1.82. The van der Waals surface area contributed by atoms with Crippen molar-refractivity contribution in [3.05, 3.63) is 60.7 Å². The number of anilines is 2. The van der Waals surface area contributed by atoms with Crippen molar-refractivity contribution in [2.45, 2.75) is 13.8 Å². The van der Waals surface area contributed by atoms with Crippen molar-refractivity contribution in [1.29, 1.82) is 0 Å². The number of rotatable bonds is 3.